The Bertz CT molecular complexity index is 1080. The number of likely N-dealkylation sites (N-methyl/N-ethyl adjacent to an activating group) is 1. The van der Waals surface area contributed by atoms with Gasteiger partial charge in [0.15, 0.2) is 11.4 Å². The van der Waals surface area contributed by atoms with Gasteiger partial charge in [-0.05, 0) is 6.42 Å². The standard InChI is InChI=1S/C21H22F3N3O4/c1-3-4-5-12-9-26(2)21(31)17-19(29)18(28)14(10-27(12)17)20(30)25-8-13-15(23)6-11(22)7-16(13)24/h6-7,10,12,29H,3-5,8-9H2,1-2H3,(H,25,30)/t12-/m1/s1. The molecule has 2 N–H and O–H groups in total. The van der Waals surface area contributed by atoms with Crippen molar-refractivity contribution in [3.8, 4) is 5.75 Å². The fraction of sp³-hybridized carbons (Fsp3) is 0.381. The number of hydrogen-bond acceptors (Lipinski definition) is 4. The van der Waals surface area contributed by atoms with Gasteiger partial charge in [0.1, 0.15) is 23.0 Å². The first-order valence-electron chi connectivity index (χ1n) is 9.80. The van der Waals surface area contributed by atoms with E-state index in [-0.39, 0.29) is 11.7 Å². The summed E-state index contributed by atoms with van der Waals surface area (Å²) in [6.45, 7) is 1.69. The molecule has 0 spiro atoms. The molecule has 1 aromatic heterocycles. The number of fused-ring (bicyclic) bond motifs is 1. The Balaban J connectivity index is 1.95. The fourth-order valence-corrected chi connectivity index (χ4v) is 3.62. The van der Waals surface area contributed by atoms with Crippen LogP contribution >= 0.6 is 0 Å². The molecule has 0 fully saturated rings. The number of carbonyl (C=O) groups is 2. The number of nitrogens with one attached hydrogen (secondary N) is 1. The quantitative estimate of drug-likeness (QED) is 0.727. The zero-order valence-corrected chi connectivity index (χ0v) is 17.0. The van der Waals surface area contributed by atoms with Gasteiger partial charge in [0, 0.05) is 44.0 Å². The van der Waals surface area contributed by atoms with E-state index in [4.69, 9.17) is 0 Å². The largest absolute Gasteiger partial charge is 0.503 e. The van der Waals surface area contributed by atoms with Crippen molar-refractivity contribution in [3.63, 3.8) is 0 Å². The molecule has 0 aliphatic carbocycles. The number of aromatic hydroxyl groups is 1. The Labute approximate surface area is 176 Å². The van der Waals surface area contributed by atoms with Crippen molar-refractivity contribution < 1.29 is 27.9 Å². The highest BCUT2D eigenvalue weighted by Crippen LogP contribution is 2.28. The summed E-state index contributed by atoms with van der Waals surface area (Å²) in [4.78, 5) is 39.0. The third-order valence-electron chi connectivity index (χ3n) is 5.30. The summed E-state index contributed by atoms with van der Waals surface area (Å²) in [7, 11) is 1.56. The molecule has 0 radical (unpaired) electrons. The maximum atomic E-state index is 13.8. The molecule has 166 valence electrons. The van der Waals surface area contributed by atoms with Gasteiger partial charge in [0.05, 0.1) is 6.04 Å². The molecule has 1 atom stereocenters. The molecule has 10 heteroatoms. The maximum absolute atomic E-state index is 13.8. The highest BCUT2D eigenvalue weighted by Gasteiger charge is 2.33. The van der Waals surface area contributed by atoms with Crippen LogP contribution < -0.4 is 10.7 Å². The lowest BCUT2D eigenvalue weighted by molar-refractivity contribution is 0.0701. The van der Waals surface area contributed by atoms with Crippen LogP contribution in [0.4, 0.5) is 13.2 Å². The van der Waals surface area contributed by atoms with Gasteiger partial charge < -0.3 is 19.9 Å². The number of pyridine rings is 1. The van der Waals surface area contributed by atoms with E-state index >= 15 is 0 Å². The minimum absolute atomic E-state index is 0.202. The lowest BCUT2D eigenvalue weighted by atomic mass is 10.0. The van der Waals surface area contributed by atoms with E-state index in [9.17, 15) is 32.7 Å². The van der Waals surface area contributed by atoms with Gasteiger partial charge in [-0.2, -0.15) is 0 Å². The van der Waals surface area contributed by atoms with Crippen LogP contribution in [0.1, 0.15) is 58.6 Å². The zero-order valence-electron chi connectivity index (χ0n) is 17.0. The predicted molar refractivity (Wildman–Crippen MR) is 105 cm³/mol. The number of benzene rings is 1. The molecule has 2 aromatic rings. The second-order valence-electron chi connectivity index (χ2n) is 7.49. The molecular weight excluding hydrogens is 415 g/mol. The number of nitrogens with zero attached hydrogens (tertiary/aromatic N) is 2. The smallest absolute Gasteiger partial charge is 0.274 e. The summed E-state index contributed by atoms with van der Waals surface area (Å²) >= 11 is 0. The Morgan fingerprint density at radius 3 is 2.48 bits per heavy atom. The summed E-state index contributed by atoms with van der Waals surface area (Å²) in [5.74, 6) is -5.86. The molecule has 0 unspecified atom stereocenters. The number of carbonyl (C=O) groups excluding carboxylic acids is 2. The van der Waals surface area contributed by atoms with E-state index in [1.807, 2.05) is 6.92 Å². The highest BCUT2D eigenvalue weighted by atomic mass is 19.1. The van der Waals surface area contributed by atoms with Crippen LogP contribution in [0, 0.1) is 17.5 Å². The molecule has 7 nitrogen and oxygen atoms in total. The van der Waals surface area contributed by atoms with Crippen LogP contribution in [-0.2, 0) is 6.54 Å². The summed E-state index contributed by atoms with van der Waals surface area (Å²) in [6, 6.07) is 0.692. The highest BCUT2D eigenvalue weighted by molar-refractivity contribution is 5.99. The molecule has 0 saturated carbocycles. The van der Waals surface area contributed by atoms with Crippen molar-refractivity contribution in [2.24, 2.45) is 0 Å². The third kappa shape index (κ3) is 4.28. The number of halogens is 3. The zero-order chi connectivity index (χ0) is 22.9. The normalized spacial score (nSPS) is 15.7. The summed E-state index contributed by atoms with van der Waals surface area (Å²) < 4.78 is 42.1. The molecule has 3 rings (SSSR count). The lowest BCUT2D eigenvalue weighted by Gasteiger charge is -2.34. The number of hydrogen-bond donors (Lipinski definition) is 2. The number of aromatic nitrogens is 1. The van der Waals surface area contributed by atoms with Gasteiger partial charge >= 0.3 is 0 Å². The second-order valence-corrected chi connectivity index (χ2v) is 7.49. The van der Waals surface area contributed by atoms with Crippen LogP contribution in [0.3, 0.4) is 0 Å². The molecule has 31 heavy (non-hydrogen) atoms. The van der Waals surface area contributed by atoms with Gasteiger partial charge in [-0.3, -0.25) is 14.4 Å². The lowest BCUT2D eigenvalue weighted by Crippen LogP contribution is -2.43. The van der Waals surface area contributed by atoms with E-state index in [0.29, 0.717) is 25.1 Å². The van der Waals surface area contributed by atoms with Crippen molar-refractivity contribution in [1.82, 2.24) is 14.8 Å². The van der Waals surface area contributed by atoms with Crippen LogP contribution in [-0.4, -0.2) is 40.0 Å². The first-order valence-corrected chi connectivity index (χ1v) is 9.80. The Hall–Kier alpha value is -3.30. The fourth-order valence-electron chi connectivity index (χ4n) is 3.62. The van der Waals surface area contributed by atoms with E-state index < -0.39 is 58.1 Å². The number of rotatable bonds is 6. The first-order chi connectivity index (χ1) is 14.6. The monoisotopic (exact) mass is 437 g/mol. The molecule has 1 aromatic carbocycles. The van der Waals surface area contributed by atoms with Crippen molar-refractivity contribution in [1.29, 1.82) is 0 Å². The predicted octanol–water partition coefficient (Wildman–Crippen LogP) is 2.72. The van der Waals surface area contributed by atoms with Crippen molar-refractivity contribution >= 4 is 11.8 Å². The topological polar surface area (TPSA) is 91.6 Å². The summed E-state index contributed by atoms with van der Waals surface area (Å²) in [6.07, 6.45) is 3.55. The SMILES string of the molecule is CCCC[C@@H]1CN(C)C(=O)c2c(O)c(=O)c(C(=O)NCc3c(F)cc(F)cc3F)cn21. The van der Waals surface area contributed by atoms with Gasteiger partial charge in [-0.25, -0.2) is 13.2 Å². The van der Waals surface area contributed by atoms with E-state index in [1.54, 1.807) is 7.05 Å². The van der Waals surface area contributed by atoms with Crippen LogP contribution in [0.15, 0.2) is 23.1 Å². The van der Waals surface area contributed by atoms with Gasteiger partial charge in [-0.15, -0.1) is 0 Å². The molecule has 0 saturated heterocycles. The first kappa shape index (κ1) is 22.4. The third-order valence-corrected chi connectivity index (χ3v) is 5.30. The van der Waals surface area contributed by atoms with E-state index in [2.05, 4.69) is 5.32 Å². The minimum Gasteiger partial charge on any atom is -0.503 e. The molecular formula is C21H22F3N3O4. The summed E-state index contributed by atoms with van der Waals surface area (Å²) in [5.41, 5.74) is -2.31. The van der Waals surface area contributed by atoms with Crippen LogP contribution in [0.25, 0.3) is 0 Å². The average Bonchev–Trinajstić information content (AvgIpc) is 2.70. The maximum Gasteiger partial charge on any atom is 0.274 e. The summed E-state index contributed by atoms with van der Waals surface area (Å²) in [5, 5.41) is 12.6. The molecule has 0 bridgehead atoms. The van der Waals surface area contributed by atoms with Gasteiger partial charge in [0.25, 0.3) is 11.8 Å². The molecule has 1 aliphatic rings. The van der Waals surface area contributed by atoms with Crippen molar-refractivity contribution in [2.75, 3.05) is 13.6 Å². The van der Waals surface area contributed by atoms with E-state index in [1.165, 1.54) is 15.7 Å². The molecule has 2 heterocycles. The van der Waals surface area contributed by atoms with Crippen molar-refractivity contribution in [2.45, 2.75) is 38.8 Å². The minimum atomic E-state index is -1.18. The van der Waals surface area contributed by atoms with Crippen LogP contribution in [0.5, 0.6) is 5.75 Å². The average molecular weight is 437 g/mol. The molecule has 1 aliphatic heterocycles. The van der Waals surface area contributed by atoms with Gasteiger partial charge in [0.2, 0.25) is 5.43 Å². The number of unbranched alkanes of at least 4 members (excludes halogenated alkanes) is 1. The second kappa shape index (κ2) is 8.83. The van der Waals surface area contributed by atoms with E-state index in [0.717, 1.165) is 12.8 Å². The Kier molecular flexibility index (Phi) is 6.37. The van der Waals surface area contributed by atoms with Crippen molar-refractivity contribution in [3.05, 3.63) is 62.8 Å². The number of amides is 2. The Morgan fingerprint density at radius 1 is 1.23 bits per heavy atom. The Morgan fingerprint density at radius 2 is 1.87 bits per heavy atom. The van der Waals surface area contributed by atoms with Gasteiger partial charge in [-0.1, -0.05) is 19.8 Å². The molecule has 2 amide bonds. The van der Waals surface area contributed by atoms with Crippen LogP contribution in [0.2, 0.25) is 0 Å².